The molecular formula is C11H14N2O4S. The van der Waals surface area contributed by atoms with Crippen LogP contribution >= 0.6 is 0 Å². The van der Waals surface area contributed by atoms with Crippen LogP contribution < -0.4 is 5.32 Å². The van der Waals surface area contributed by atoms with E-state index in [2.05, 4.69) is 10.3 Å². The number of aromatic carboxylic acids is 1. The van der Waals surface area contributed by atoms with Crippen LogP contribution in [0.2, 0.25) is 0 Å². The highest BCUT2D eigenvalue weighted by atomic mass is 32.2. The van der Waals surface area contributed by atoms with Crippen molar-refractivity contribution in [3.8, 4) is 0 Å². The number of aromatic nitrogens is 1. The third kappa shape index (κ3) is 4.25. The first kappa shape index (κ1) is 14.3. The average Bonchev–Trinajstić information content (AvgIpc) is 2.38. The molecule has 0 bridgehead atoms. The first-order chi connectivity index (χ1) is 8.54. The molecule has 0 aliphatic heterocycles. The van der Waals surface area contributed by atoms with Gasteiger partial charge in [-0.05, 0) is 12.1 Å². The molecule has 1 unspecified atom stereocenters. The van der Waals surface area contributed by atoms with Gasteiger partial charge in [0.25, 0.3) is 5.91 Å². The number of carboxylic acid groups (broad SMARTS) is 1. The highest BCUT2D eigenvalue weighted by Gasteiger charge is 2.09. The summed E-state index contributed by atoms with van der Waals surface area (Å²) >= 11 is 0. The molecule has 0 spiro atoms. The normalized spacial score (nSPS) is 11.8. The Labute approximate surface area is 107 Å². The maximum atomic E-state index is 11.6. The van der Waals surface area contributed by atoms with Gasteiger partial charge in [0.05, 0.1) is 5.56 Å². The molecule has 1 atom stereocenters. The molecule has 0 radical (unpaired) electrons. The van der Waals surface area contributed by atoms with Gasteiger partial charge in [-0.1, -0.05) is 6.92 Å². The molecule has 1 aromatic rings. The van der Waals surface area contributed by atoms with E-state index in [1.54, 1.807) is 0 Å². The molecule has 0 saturated heterocycles. The Balaban J connectivity index is 2.51. The van der Waals surface area contributed by atoms with Crippen LogP contribution in [0.15, 0.2) is 18.3 Å². The number of carbonyl (C=O) groups is 2. The Bertz CT molecular complexity index is 459. The molecule has 1 rings (SSSR count). The summed E-state index contributed by atoms with van der Waals surface area (Å²) in [5.41, 5.74) is 0.168. The van der Waals surface area contributed by atoms with Gasteiger partial charge < -0.3 is 10.4 Å². The van der Waals surface area contributed by atoms with E-state index in [1.165, 1.54) is 12.1 Å². The molecule has 18 heavy (non-hydrogen) atoms. The fourth-order valence-electron chi connectivity index (χ4n) is 1.17. The predicted octanol–water partition coefficient (Wildman–Crippen LogP) is 0.278. The van der Waals surface area contributed by atoms with Gasteiger partial charge in [0.15, 0.2) is 0 Å². The minimum absolute atomic E-state index is 0.0265. The van der Waals surface area contributed by atoms with Crippen LogP contribution in [-0.4, -0.2) is 44.2 Å². The molecule has 1 aromatic heterocycles. The zero-order chi connectivity index (χ0) is 13.5. The second kappa shape index (κ2) is 6.85. The highest BCUT2D eigenvalue weighted by Crippen LogP contribution is 2.00. The summed E-state index contributed by atoms with van der Waals surface area (Å²) in [6.07, 6.45) is 1.13. The second-order valence-electron chi connectivity index (χ2n) is 3.43. The number of rotatable bonds is 6. The number of pyridine rings is 1. The summed E-state index contributed by atoms with van der Waals surface area (Å²) < 4.78 is 11.1. The minimum atomic E-state index is -1.09. The number of hydrogen-bond acceptors (Lipinski definition) is 4. The third-order valence-electron chi connectivity index (χ3n) is 2.18. The average molecular weight is 270 g/mol. The van der Waals surface area contributed by atoms with Gasteiger partial charge in [0.1, 0.15) is 5.69 Å². The van der Waals surface area contributed by atoms with E-state index >= 15 is 0 Å². The van der Waals surface area contributed by atoms with Crippen molar-refractivity contribution in [2.45, 2.75) is 6.92 Å². The number of nitrogens with zero attached hydrogens (tertiary/aromatic N) is 1. The second-order valence-corrected chi connectivity index (χ2v) is 5.29. The molecule has 0 fully saturated rings. The fraction of sp³-hybridized carbons (Fsp3) is 0.364. The summed E-state index contributed by atoms with van der Waals surface area (Å²) in [6, 6.07) is 2.66. The van der Waals surface area contributed by atoms with Gasteiger partial charge in [0.2, 0.25) is 0 Å². The van der Waals surface area contributed by atoms with Gasteiger partial charge in [-0.15, -0.1) is 0 Å². The minimum Gasteiger partial charge on any atom is -0.478 e. The van der Waals surface area contributed by atoms with Gasteiger partial charge in [0, 0.05) is 35.0 Å². The lowest BCUT2D eigenvalue weighted by atomic mass is 10.2. The zero-order valence-corrected chi connectivity index (χ0v) is 10.7. The van der Waals surface area contributed by atoms with Crippen molar-refractivity contribution < 1.29 is 18.9 Å². The lowest BCUT2D eigenvalue weighted by Gasteiger charge is -2.04. The van der Waals surface area contributed by atoms with Crippen LogP contribution in [0, 0.1) is 0 Å². The summed E-state index contributed by atoms with van der Waals surface area (Å²) in [5, 5.41) is 11.2. The van der Waals surface area contributed by atoms with Gasteiger partial charge in [-0.3, -0.25) is 14.0 Å². The van der Waals surface area contributed by atoms with Crippen LogP contribution in [0.1, 0.15) is 27.8 Å². The van der Waals surface area contributed by atoms with Crippen LogP contribution in [0.3, 0.4) is 0 Å². The molecule has 98 valence electrons. The lowest BCUT2D eigenvalue weighted by molar-refractivity contribution is 0.0695. The van der Waals surface area contributed by atoms with E-state index in [-0.39, 0.29) is 11.3 Å². The standard InChI is InChI=1S/C11H14N2O4S/c1-2-18(17)6-5-12-10(14)9-4-3-8(7-13-9)11(15)16/h3-4,7H,2,5-6H2,1H3,(H,12,14)(H,15,16). The molecule has 7 heteroatoms. The molecule has 1 amide bonds. The number of nitrogens with one attached hydrogen (secondary N) is 1. The van der Waals surface area contributed by atoms with Gasteiger partial charge in [-0.25, -0.2) is 4.79 Å². The van der Waals surface area contributed by atoms with E-state index in [4.69, 9.17) is 5.11 Å². The van der Waals surface area contributed by atoms with E-state index in [9.17, 15) is 13.8 Å². The van der Waals surface area contributed by atoms with E-state index in [1.807, 2.05) is 6.92 Å². The third-order valence-corrected chi connectivity index (χ3v) is 3.48. The highest BCUT2D eigenvalue weighted by molar-refractivity contribution is 7.84. The Hall–Kier alpha value is -1.76. The molecule has 0 aliphatic carbocycles. The Morgan fingerprint density at radius 1 is 1.44 bits per heavy atom. The summed E-state index contributed by atoms with van der Waals surface area (Å²) in [6.45, 7) is 2.12. The first-order valence-corrected chi connectivity index (χ1v) is 6.86. The van der Waals surface area contributed by atoms with Gasteiger partial charge in [-0.2, -0.15) is 0 Å². The SMILES string of the molecule is CCS(=O)CCNC(=O)c1ccc(C(=O)O)cn1. The largest absolute Gasteiger partial charge is 0.478 e. The van der Waals surface area contributed by atoms with Crippen molar-refractivity contribution in [3.63, 3.8) is 0 Å². The number of carbonyl (C=O) groups excluding carboxylic acids is 1. The molecular weight excluding hydrogens is 256 g/mol. The van der Waals surface area contributed by atoms with Crippen LogP contribution in [0.25, 0.3) is 0 Å². The molecule has 1 heterocycles. The first-order valence-electron chi connectivity index (χ1n) is 5.37. The number of amides is 1. The monoisotopic (exact) mass is 270 g/mol. The maximum Gasteiger partial charge on any atom is 0.337 e. The topological polar surface area (TPSA) is 96.4 Å². The fourth-order valence-corrected chi connectivity index (χ4v) is 1.79. The van der Waals surface area contributed by atoms with E-state index in [0.717, 1.165) is 6.20 Å². The number of hydrogen-bond donors (Lipinski definition) is 2. The van der Waals surface area contributed by atoms with Crippen molar-refractivity contribution in [2.75, 3.05) is 18.1 Å². The molecule has 0 saturated carbocycles. The van der Waals surface area contributed by atoms with Crippen molar-refractivity contribution >= 4 is 22.7 Å². The van der Waals surface area contributed by atoms with E-state index < -0.39 is 22.7 Å². The van der Waals surface area contributed by atoms with Crippen LogP contribution in [0.4, 0.5) is 0 Å². The Kier molecular flexibility index (Phi) is 5.44. The quantitative estimate of drug-likeness (QED) is 0.774. The molecule has 0 aromatic carbocycles. The summed E-state index contributed by atoms with van der Waals surface area (Å²) in [5.74, 6) is -0.538. The van der Waals surface area contributed by atoms with Crippen molar-refractivity contribution in [1.82, 2.24) is 10.3 Å². The number of carboxylic acids is 1. The molecule has 2 N–H and O–H groups in total. The predicted molar refractivity (Wildman–Crippen MR) is 67.1 cm³/mol. The van der Waals surface area contributed by atoms with Gasteiger partial charge >= 0.3 is 5.97 Å². The maximum absolute atomic E-state index is 11.6. The molecule has 6 nitrogen and oxygen atoms in total. The molecule has 0 aliphatic rings. The Morgan fingerprint density at radius 3 is 2.67 bits per heavy atom. The summed E-state index contributed by atoms with van der Waals surface area (Å²) in [7, 11) is -0.923. The van der Waals surface area contributed by atoms with E-state index in [0.29, 0.717) is 18.1 Å². The van der Waals surface area contributed by atoms with Crippen molar-refractivity contribution in [1.29, 1.82) is 0 Å². The smallest absolute Gasteiger partial charge is 0.337 e. The summed E-state index contributed by atoms with van der Waals surface area (Å²) in [4.78, 5) is 25.9. The van der Waals surface area contributed by atoms with Crippen LogP contribution in [-0.2, 0) is 10.8 Å². The van der Waals surface area contributed by atoms with Crippen molar-refractivity contribution in [3.05, 3.63) is 29.6 Å². The Morgan fingerprint density at radius 2 is 2.17 bits per heavy atom. The van der Waals surface area contributed by atoms with Crippen molar-refractivity contribution in [2.24, 2.45) is 0 Å². The zero-order valence-electron chi connectivity index (χ0n) is 9.88. The lowest BCUT2D eigenvalue weighted by Crippen LogP contribution is -2.28. The van der Waals surface area contributed by atoms with Crippen LogP contribution in [0.5, 0.6) is 0 Å².